The third-order valence-corrected chi connectivity index (χ3v) is 10.8. The first kappa shape index (κ1) is 29.1. The van der Waals surface area contributed by atoms with E-state index in [2.05, 4.69) is 26.1 Å². The standard InChI is InChI=1S/C22H36O.C8H15NO4/c1-14-9-11-21(3)16(13-14)5-6-17-19-8-7-18(15(2)23)22(19,4)12-10-20(17)21;1-6(10)13-5-8(2,3)9-4-7(11)12/h14,16-20H,5-13H2,1-4H3;9H,4-5H2,1-3H3,(H,11,12). The predicted molar refractivity (Wildman–Crippen MR) is 141 cm³/mol. The summed E-state index contributed by atoms with van der Waals surface area (Å²) in [6.45, 7) is 14.3. The number of nitrogens with one attached hydrogen (secondary N) is 1. The highest BCUT2D eigenvalue weighted by molar-refractivity contribution is 5.79. The van der Waals surface area contributed by atoms with Crippen LogP contribution >= 0.6 is 0 Å². The molecule has 8 atom stereocenters. The molecule has 0 aromatic carbocycles. The van der Waals surface area contributed by atoms with Crippen molar-refractivity contribution in [2.75, 3.05) is 13.2 Å². The maximum atomic E-state index is 12.2. The van der Waals surface area contributed by atoms with Crippen LogP contribution in [0.25, 0.3) is 0 Å². The number of aliphatic carboxylic acids is 1. The molecule has 6 heteroatoms. The Morgan fingerprint density at radius 2 is 1.58 bits per heavy atom. The van der Waals surface area contributed by atoms with E-state index in [9.17, 15) is 14.4 Å². The van der Waals surface area contributed by atoms with Crippen LogP contribution in [0.1, 0.15) is 106 Å². The summed E-state index contributed by atoms with van der Waals surface area (Å²) < 4.78 is 4.74. The van der Waals surface area contributed by atoms with Gasteiger partial charge in [-0.3, -0.25) is 19.7 Å². The zero-order valence-corrected chi connectivity index (χ0v) is 23.8. The lowest BCUT2D eigenvalue weighted by Gasteiger charge is -2.61. The fraction of sp³-hybridized carbons (Fsp3) is 0.900. The predicted octanol–water partition coefficient (Wildman–Crippen LogP) is 5.87. The van der Waals surface area contributed by atoms with Crippen LogP contribution in [-0.2, 0) is 19.1 Å². The Balaban J connectivity index is 0.000000240. The minimum absolute atomic E-state index is 0.145. The van der Waals surface area contributed by atoms with Gasteiger partial charge in [0, 0.05) is 18.4 Å². The van der Waals surface area contributed by atoms with Crippen LogP contribution in [0.4, 0.5) is 0 Å². The second-order valence-electron chi connectivity index (χ2n) is 13.7. The van der Waals surface area contributed by atoms with Crippen molar-refractivity contribution in [3.8, 4) is 0 Å². The van der Waals surface area contributed by atoms with Crippen LogP contribution in [-0.4, -0.2) is 41.5 Å². The Bertz CT molecular complexity index is 804. The van der Waals surface area contributed by atoms with Gasteiger partial charge in [0.1, 0.15) is 12.4 Å². The molecule has 2 N–H and O–H groups in total. The normalized spacial score (nSPS) is 39.5. The molecule has 0 aromatic rings. The highest BCUT2D eigenvalue weighted by Crippen LogP contribution is 2.67. The maximum absolute atomic E-state index is 12.2. The molecule has 0 radical (unpaired) electrons. The summed E-state index contributed by atoms with van der Waals surface area (Å²) in [6.07, 6.45) is 12.6. The quantitative estimate of drug-likeness (QED) is 0.438. The molecule has 4 fully saturated rings. The van der Waals surface area contributed by atoms with Crippen molar-refractivity contribution in [1.82, 2.24) is 5.32 Å². The Morgan fingerprint density at radius 1 is 0.944 bits per heavy atom. The molecule has 0 aliphatic heterocycles. The van der Waals surface area contributed by atoms with Gasteiger partial charge in [0.2, 0.25) is 0 Å². The fourth-order valence-electron chi connectivity index (χ4n) is 8.79. The van der Waals surface area contributed by atoms with Crippen molar-refractivity contribution in [3.63, 3.8) is 0 Å². The number of Topliss-reactive ketones (excluding diaryl/α,β-unsaturated/α-hetero) is 1. The lowest BCUT2D eigenvalue weighted by molar-refractivity contribution is -0.143. The minimum Gasteiger partial charge on any atom is -0.480 e. The zero-order chi connectivity index (χ0) is 26.9. The fourth-order valence-corrected chi connectivity index (χ4v) is 8.79. The third kappa shape index (κ3) is 6.16. The first-order valence-corrected chi connectivity index (χ1v) is 14.3. The van der Waals surface area contributed by atoms with Crippen LogP contribution in [0, 0.1) is 46.3 Å². The summed E-state index contributed by atoms with van der Waals surface area (Å²) in [6, 6.07) is 0. The summed E-state index contributed by atoms with van der Waals surface area (Å²) in [7, 11) is 0. The van der Waals surface area contributed by atoms with Gasteiger partial charge in [-0.05, 0) is 113 Å². The van der Waals surface area contributed by atoms with Crippen molar-refractivity contribution in [3.05, 3.63) is 0 Å². The van der Waals surface area contributed by atoms with Gasteiger partial charge < -0.3 is 9.84 Å². The first-order valence-electron chi connectivity index (χ1n) is 14.3. The monoisotopic (exact) mass is 505 g/mol. The Hall–Kier alpha value is -1.43. The van der Waals surface area contributed by atoms with Gasteiger partial charge in [0.25, 0.3) is 0 Å². The van der Waals surface area contributed by atoms with E-state index in [-0.39, 0.29) is 19.1 Å². The van der Waals surface area contributed by atoms with Gasteiger partial charge in [-0.2, -0.15) is 0 Å². The maximum Gasteiger partial charge on any atom is 0.317 e. The number of esters is 1. The summed E-state index contributed by atoms with van der Waals surface area (Å²) >= 11 is 0. The first-order chi connectivity index (χ1) is 16.7. The van der Waals surface area contributed by atoms with Crippen molar-refractivity contribution < 1.29 is 24.2 Å². The van der Waals surface area contributed by atoms with E-state index in [4.69, 9.17) is 9.84 Å². The Morgan fingerprint density at radius 3 is 2.19 bits per heavy atom. The Kier molecular flexibility index (Phi) is 9.00. The summed E-state index contributed by atoms with van der Waals surface area (Å²) in [4.78, 5) is 32.9. The number of ketones is 1. The van der Waals surface area contributed by atoms with Crippen molar-refractivity contribution in [1.29, 1.82) is 0 Å². The lowest BCUT2D eigenvalue weighted by Crippen LogP contribution is -2.53. The van der Waals surface area contributed by atoms with Crippen LogP contribution < -0.4 is 5.32 Å². The van der Waals surface area contributed by atoms with E-state index < -0.39 is 11.5 Å². The van der Waals surface area contributed by atoms with E-state index in [0.717, 1.165) is 29.6 Å². The largest absolute Gasteiger partial charge is 0.480 e. The molecule has 4 aliphatic rings. The average Bonchev–Trinajstić information content (AvgIpc) is 3.15. The van der Waals surface area contributed by atoms with Gasteiger partial charge in [0.15, 0.2) is 0 Å². The van der Waals surface area contributed by atoms with Crippen LogP contribution in [0.5, 0.6) is 0 Å². The van der Waals surface area contributed by atoms with Crippen LogP contribution in [0.3, 0.4) is 0 Å². The molecule has 4 aliphatic carbocycles. The number of carbonyl (C=O) groups is 3. The second kappa shape index (κ2) is 11.1. The number of hydrogen-bond acceptors (Lipinski definition) is 5. The number of carboxylic acid groups (broad SMARTS) is 1. The van der Waals surface area contributed by atoms with E-state index in [0.29, 0.717) is 22.5 Å². The topological polar surface area (TPSA) is 92.7 Å². The second-order valence-corrected chi connectivity index (χ2v) is 13.7. The molecule has 4 rings (SSSR count). The average molecular weight is 506 g/mol. The van der Waals surface area contributed by atoms with Crippen molar-refractivity contribution in [2.24, 2.45) is 46.3 Å². The molecule has 0 saturated heterocycles. The number of fused-ring (bicyclic) bond motifs is 5. The molecule has 6 nitrogen and oxygen atoms in total. The van der Waals surface area contributed by atoms with Gasteiger partial charge in [-0.1, -0.05) is 27.2 Å². The molecule has 0 heterocycles. The molecule has 0 spiro atoms. The van der Waals surface area contributed by atoms with E-state index >= 15 is 0 Å². The molecule has 0 amide bonds. The minimum atomic E-state index is -0.934. The van der Waals surface area contributed by atoms with Crippen molar-refractivity contribution >= 4 is 17.7 Å². The van der Waals surface area contributed by atoms with E-state index in [1.54, 1.807) is 13.8 Å². The molecular weight excluding hydrogens is 454 g/mol. The molecule has 0 bridgehead atoms. The SMILES string of the molecule is CC(=O)C1CCC2C3CCC4CC(C)CCC4(C)C3CCC12C.CC(=O)OCC(C)(C)NCC(=O)O. The number of ether oxygens (including phenoxy) is 1. The van der Waals surface area contributed by atoms with E-state index in [1.165, 1.54) is 64.7 Å². The van der Waals surface area contributed by atoms with Crippen LogP contribution in [0.15, 0.2) is 0 Å². The third-order valence-electron chi connectivity index (χ3n) is 10.8. The molecule has 36 heavy (non-hydrogen) atoms. The molecule has 8 unspecified atom stereocenters. The number of hydrogen-bond donors (Lipinski definition) is 2. The molecule has 206 valence electrons. The highest BCUT2D eigenvalue weighted by Gasteiger charge is 2.60. The number of rotatable bonds is 6. The van der Waals surface area contributed by atoms with Gasteiger partial charge in [-0.15, -0.1) is 0 Å². The number of carboxylic acids is 1. The number of carbonyl (C=O) groups excluding carboxylic acids is 2. The zero-order valence-electron chi connectivity index (χ0n) is 23.8. The van der Waals surface area contributed by atoms with Gasteiger partial charge in [-0.25, -0.2) is 0 Å². The molecule has 4 saturated carbocycles. The van der Waals surface area contributed by atoms with Gasteiger partial charge in [0.05, 0.1) is 6.54 Å². The smallest absolute Gasteiger partial charge is 0.317 e. The van der Waals surface area contributed by atoms with Crippen molar-refractivity contribution in [2.45, 2.75) is 112 Å². The lowest BCUT2D eigenvalue weighted by atomic mass is 9.44. The van der Waals surface area contributed by atoms with Gasteiger partial charge >= 0.3 is 11.9 Å². The summed E-state index contributed by atoms with van der Waals surface area (Å²) in [5.74, 6) is 4.19. The highest BCUT2D eigenvalue weighted by atomic mass is 16.5. The summed E-state index contributed by atoms with van der Waals surface area (Å²) in [5, 5.41) is 11.1. The summed E-state index contributed by atoms with van der Waals surface area (Å²) in [5.41, 5.74) is 0.438. The Labute approximate surface area is 218 Å². The van der Waals surface area contributed by atoms with E-state index in [1.807, 2.05) is 6.92 Å². The molecular formula is C30H51NO5. The van der Waals surface area contributed by atoms with Crippen LogP contribution in [0.2, 0.25) is 0 Å². The molecule has 0 aromatic heterocycles.